The number of hydrogen-bond acceptors (Lipinski definition) is 5. The van der Waals surface area contributed by atoms with E-state index in [2.05, 4.69) is 0 Å². The molecule has 0 radical (unpaired) electrons. The standard InChI is InChI=1S/C21H19F3N2O5/c1-3-30-18(28)16-13(2)26(12-15-10-7-11-31-15)19(29)20(16,21(22,23)24)25-17(27)14-8-5-4-6-9-14/h4-11H,3,12H2,1-2H3,(H,25,27)/t20-/m0/s1. The van der Waals surface area contributed by atoms with Crippen LogP contribution >= 0.6 is 0 Å². The molecule has 3 rings (SSSR count). The Morgan fingerprint density at radius 1 is 1.16 bits per heavy atom. The number of allylic oxidation sites excluding steroid dienone is 1. The average Bonchev–Trinajstić information content (AvgIpc) is 3.30. The Hall–Kier alpha value is -3.56. The number of esters is 1. The van der Waals surface area contributed by atoms with Gasteiger partial charge in [-0.25, -0.2) is 4.79 Å². The summed E-state index contributed by atoms with van der Waals surface area (Å²) in [6.07, 6.45) is -4.04. The number of carbonyl (C=O) groups is 3. The van der Waals surface area contributed by atoms with Gasteiger partial charge in [0.15, 0.2) is 0 Å². The van der Waals surface area contributed by atoms with Crippen LogP contribution in [0, 0.1) is 0 Å². The molecule has 1 aliphatic heterocycles. The molecule has 0 aliphatic carbocycles. The number of nitrogens with one attached hydrogen (secondary N) is 1. The zero-order chi connectivity index (χ0) is 22.8. The molecule has 1 atom stereocenters. The molecule has 0 fully saturated rings. The molecule has 10 heteroatoms. The van der Waals surface area contributed by atoms with E-state index in [0.717, 1.165) is 4.90 Å². The molecule has 1 aromatic carbocycles. The number of benzene rings is 1. The molecule has 2 amide bonds. The number of furan rings is 1. The van der Waals surface area contributed by atoms with E-state index in [1.165, 1.54) is 56.5 Å². The fourth-order valence-electron chi connectivity index (χ4n) is 3.40. The van der Waals surface area contributed by atoms with Crippen molar-refractivity contribution in [2.24, 2.45) is 0 Å². The van der Waals surface area contributed by atoms with E-state index in [4.69, 9.17) is 9.15 Å². The van der Waals surface area contributed by atoms with Crippen LogP contribution in [0.4, 0.5) is 13.2 Å². The minimum absolute atomic E-state index is 0.107. The average molecular weight is 436 g/mol. The maximum absolute atomic E-state index is 14.5. The highest BCUT2D eigenvalue weighted by Gasteiger charge is 2.71. The van der Waals surface area contributed by atoms with Crippen molar-refractivity contribution in [1.29, 1.82) is 0 Å². The normalized spacial score (nSPS) is 19.0. The summed E-state index contributed by atoms with van der Waals surface area (Å²) < 4.78 is 53.4. The molecular formula is C21H19F3N2O5. The molecule has 1 aliphatic rings. The Morgan fingerprint density at radius 3 is 2.39 bits per heavy atom. The van der Waals surface area contributed by atoms with Gasteiger partial charge < -0.3 is 19.4 Å². The number of alkyl halides is 3. The van der Waals surface area contributed by atoms with E-state index in [9.17, 15) is 27.6 Å². The Bertz CT molecular complexity index is 1020. The van der Waals surface area contributed by atoms with Gasteiger partial charge in [0.05, 0.1) is 19.4 Å². The van der Waals surface area contributed by atoms with Gasteiger partial charge in [-0.2, -0.15) is 13.2 Å². The van der Waals surface area contributed by atoms with Gasteiger partial charge >= 0.3 is 12.1 Å². The minimum atomic E-state index is -5.34. The molecule has 0 saturated heterocycles. The van der Waals surface area contributed by atoms with Gasteiger partial charge in [0, 0.05) is 11.3 Å². The maximum atomic E-state index is 14.5. The van der Waals surface area contributed by atoms with Crippen molar-refractivity contribution in [3.63, 3.8) is 0 Å². The van der Waals surface area contributed by atoms with E-state index in [1.54, 1.807) is 11.4 Å². The minimum Gasteiger partial charge on any atom is -0.467 e. The van der Waals surface area contributed by atoms with E-state index in [-0.39, 0.29) is 30.2 Å². The third-order valence-corrected chi connectivity index (χ3v) is 4.84. The molecule has 2 heterocycles. The Balaban J connectivity index is 2.15. The lowest BCUT2D eigenvalue weighted by atomic mass is 9.88. The first kappa shape index (κ1) is 22.1. The van der Waals surface area contributed by atoms with E-state index >= 15 is 0 Å². The van der Waals surface area contributed by atoms with Gasteiger partial charge in [-0.1, -0.05) is 18.2 Å². The van der Waals surface area contributed by atoms with Gasteiger partial charge in [0.1, 0.15) is 11.3 Å². The van der Waals surface area contributed by atoms with Gasteiger partial charge in [-0.05, 0) is 38.1 Å². The van der Waals surface area contributed by atoms with E-state index in [1.807, 2.05) is 0 Å². The highest BCUT2D eigenvalue weighted by Crippen LogP contribution is 2.45. The molecule has 0 unspecified atom stereocenters. The zero-order valence-corrected chi connectivity index (χ0v) is 16.7. The fourth-order valence-corrected chi connectivity index (χ4v) is 3.40. The second kappa shape index (κ2) is 8.29. The zero-order valence-electron chi connectivity index (χ0n) is 16.7. The van der Waals surface area contributed by atoms with Crippen LogP contribution in [-0.2, 0) is 20.9 Å². The van der Waals surface area contributed by atoms with Crippen LogP contribution in [0.15, 0.2) is 64.4 Å². The second-order valence-corrected chi connectivity index (χ2v) is 6.72. The number of ether oxygens (including phenoxy) is 1. The quantitative estimate of drug-likeness (QED) is 0.703. The van der Waals surface area contributed by atoms with Crippen LogP contribution in [0.2, 0.25) is 0 Å². The number of rotatable bonds is 6. The second-order valence-electron chi connectivity index (χ2n) is 6.72. The first-order valence-electron chi connectivity index (χ1n) is 9.30. The third kappa shape index (κ3) is 3.80. The van der Waals surface area contributed by atoms with E-state index in [0.29, 0.717) is 0 Å². The van der Waals surface area contributed by atoms with Crippen LogP contribution in [0.1, 0.15) is 30.0 Å². The first-order valence-corrected chi connectivity index (χ1v) is 9.30. The van der Waals surface area contributed by atoms with Gasteiger partial charge in [-0.3, -0.25) is 9.59 Å². The molecule has 164 valence electrons. The number of halogens is 3. The Kier molecular flexibility index (Phi) is 5.92. The highest BCUT2D eigenvalue weighted by molar-refractivity contribution is 6.11. The van der Waals surface area contributed by atoms with Crippen LogP contribution in [0.3, 0.4) is 0 Å². The lowest BCUT2D eigenvalue weighted by Crippen LogP contribution is -2.66. The number of amides is 2. The molecule has 31 heavy (non-hydrogen) atoms. The van der Waals surface area contributed by atoms with Crippen LogP contribution in [0.25, 0.3) is 0 Å². The summed E-state index contributed by atoms with van der Waals surface area (Å²) in [5.41, 5.74) is -4.99. The summed E-state index contributed by atoms with van der Waals surface area (Å²) in [7, 11) is 0. The van der Waals surface area contributed by atoms with Crippen molar-refractivity contribution in [3.05, 3.63) is 71.3 Å². The van der Waals surface area contributed by atoms with Crippen molar-refractivity contribution in [3.8, 4) is 0 Å². The Morgan fingerprint density at radius 2 is 1.84 bits per heavy atom. The lowest BCUT2D eigenvalue weighted by molar-refractivity contribution is -0.192. The summed E-state index contributed by atoms with van der Waals surface area (Å²) in [5, 5.41) is 1.78. The van der Waals surface area contributed by atoms with Crippen LogP contribution < -0.4 is 5.32 Å². The molecule has 2 aromatic rings. The van der Waals surface area contributed by atoms with Gasteiger partial charge in [-0.15, -0.1) is 0 Å². The number of nitrogens with zero attached hydrogens (tertiary/aromatic N) is 1. The Labute approximate surface area is 175 Å². The molecule has 7 nitrogen and oxygen atoms in total. The largest absolute Gasteiger partial charge is 0.467 e. The molecular weight excluding hydrogens is 417 g/mol. The summed E-state index contributed by atoms with van der Waals surface area (Å²) in [4.78, 5) is 39.2. The van der Waals surface area contributed by atoms with Gasteiger partial charge in [0.25, 0.3) is 17.4 Å². The molecule has 1 aromatic heterocycles. The highest BCUT2D eigenvalue weighted by atomic mass is 19.4. The first-order chi connectivity index (χ1) is 14.6. The number of hydrogen-bond donors (Lipinski definition) is 1. The van der Waals surface area contributed by atoms with Gasteiger partial charge in [0.2, 0.25) is 0 Å². The fraction of sp³-hybridized carbons (Fsp3) is 0.286. The van der Waals surface area contributed by atoms with Crippen molar-refractivity contribution in [1.82, 2.24) is 10.2 Å². The monoisotopic (exact) mass is 436 g/mol. The van der Waals surface area contributed by atoms with Crippen LogP contribution in [-0.4, -0.2) is 41.0 Å². The third-order valence-electron chi connectivity index (χ3n) is 4.84. The summed E-state index contributed by atoms with van der Waals surface area (Å²) in [6.45, 7) is 2.03. The van der Waals surface area contributed by atoms with Crippen molar-refractivity contribution >= 4 is 17.8 Å². The smallest absolute Gasteiger partial charge is 0.425 e. The summed E-state index contributed by atoms with van der Waals surface area (Å²) >= 11 is 0. The molecule has 1 N–H and O–H groups in total. The van der Waals surface area contributed by atoms with E-state index < -0.39 is 35.1 Å². The van der Waals surface area contributed by atoms with Crippen LogP contribution in [0.5, 0.6) is 0 Å². The van der Waals surface area contributed by atoms with Crippen molar-refractivity contribution < 1.29 is 36.7 Å². The predicted molar refractivity (Wildman–Crippen MR) is 101 cm³/mol. The molecule has 0 bridgehead atoms. The SMILES string of the molecule is CCOC(=O)C1=C(C)N(Cc2ccco2)C(=O)[C@]1(NC(=O)c1ccccc1)C(F)(F)F. The topological polar surface area (TPSA) is 88.8 Å². The summed E-state index contributed by atoms with van der Waals surface area (Å²) in [6, 6.07) is 10.1. The lowest BCUT2D eigenvalue weighted by Gasteiger charge is -2.33. The maximum Gasteiger partial charge on any atom is 0.425 e. The predicted octanol–water partition coefficient (Wildman–Crippen LogP) is 3.19. The molecule has 0 spiro atoms. The number of carbonyl (C=O) groups excluding carboxylic acids is 3. The van der Waals surface area contributed by atoms with Crippen molar-refractivity contribution in [2.75, 3.05) is 6.61 Å². The summed E-state index contributed by atoms with van der Waals surface area (Å²) in [5.74, 6) is -3.84. The molecule has 0 saturated carbocycles. The van der Waals surface area contributed by atoms with Crippen molar-refractivity contribution in [2.45, 2.75) is 32.1 Å².